The quantitative estimate of drug-likeness (QED) is 0.848. The van der Waals surface area contributed by atoms with E-state index < -0.39 is 0 Å². The SMILES string of the molecule is CCNCc1ccc(N(C)CCc2ccccn2)c(F)c1. The van der Waals surface area contributed by atoms with Crippen LogP contribution in [0.2, 0.25) is 0 Å². The average molecular weight is 287 g/mol. The molecule has 21 heavy (non-hydrogen) atoms. The minimum absolute atomic E-state index is 0.172. The van der Waals surface area contributed by atoms with Gasteiger partial charge in [-0.3, -0.25) is 4.98 Å². The first-order valence-electron chi connectivity index (χ1n) is 7.31. The molecule has 112 valence electrons. The van der Waals surface area contributed by atoms with Crippen LogP contribution in [0.3, 0.4) is 0 Å². The fourth-order valence-electron chi connectivity index (χ4n) is 2.19. The van der Waals surface area contributed by atoms with Gasteiger partial charge in [-0.25, -0.2) is 4.39 Å². The van der Waals surface area contributed by atoms with E-state index in [1.807, 2.05) is 49.2 Å². The molecule has 0 bridgehead atoms. The molecule has 0 atom stereocenters. The Bertz CT molecular complexity index is 557. The lowest BCUT2D eigenvalue weighted by Gasteiger charge is -2.20. The van der Waals surface area contributed by atoms with E-state index >= 15 is 0 Å². The first-order valence-corrected chi connectivity index (χ1v) is 7.31. The zero-order valence-electron chi connectivity index (χ0n) is 12.6. The molecule has 0 aliphatic rings. The van der Waals surface area contributed by atoms with Gasteiger partial charge in [0.15, 0.2) is 0 Å². The molecule has 0 saturated heterocycles. The fraction of sp³-hybridized carbons (Fsp3) is 0.353. The van der Waals surface area contributed by atoms with Crippen molar-refractivity contribution in [3.8, 4) is 0 Å². The molecule has 2 rings (SSSR count). The van der Waals surface area contributed by atoms with Gasteiger partial charge in [-0.2, -0.15) is 0 Å². The Kier molecular flexibility index (Phi) is 5.69. The third-order valence-corrected chi connectivity index (χ3v) is 3.43. The number of likely N-dealkylation sites (N-methyl/N-ethyl adjacent to an activating group) is 1. The predicted molar refractivity (Wildman–Crippen MR) is 85.0 cm³/mol. The van der Waals surface area contributed by atoms with Crippen molar-refractivity contribution in [2.75, 3.05) is 25.0 Å². The van der Waals surface area contributed by atoms with Crippen LogP contribution in [0.4, 0.5) is 10.1 Å². The number of benzene rings is 1. The monoisotopic (exact) mass is 287 g/mol. The minimum Gasteiger partial charge on any atom is -0.372 e. The second kappa shape index (κ2) is 7.74. The number of aromatic nitrogens is 1. The van der Waals surface area contributed by atoms with Crippen molar-refractivity contribution in [2.24, 2.45) is 0 Å². The van der Waals surface area contributed by atoms with Crippen LogP contribution in [0.5, 0.6) is 0 Å². The smallest absolute Gasteiger partial charge is 0.146 e. The van der Waals surface area contributed by atoms with Gasteiger partial charge in [0, 0.05) is 38.4 Å². The number of nitrogens with zero attached hydrogens (tertiary/aromatic N) is 2. The first-order chi connectivity index (χ1) is 10.2. The zero-order valence-corrected chi connectivity index (χ0v) is 12.6. The molecule has 0 aliphatic heterocycles. The number of hydrogen-bond donors (Lipinski definition) is 1. The molecule has 0 radical (unpaired) electrons. The lowest BCUT2D eigenvalue weighted by molar-refractivity contribution is 0.616. The van der Waals surface area contributed by atoms with Crippen LogP contribution in [0.25, 0.3) is 0 Å². The van der Waals surface area contributed by atoms with Crippen LogP contribution in [-0.2, 0) is 13.0 Å². The van der Waals surface area contributed by atoms with E-state index in [0.717, 1.165) is 30.8 Å². The Morgan fingerprint density at radius 2 is 2.10 bits per heavy atom. The fourth-order valence-corrected chi connectivity index (χ4v) is 2.19. The van der Waals surface area contributed by atoms with E-state index in [1.54, 1.807) is 12.3 Å². The molecule has 0 spiro atoms. The van der Waals surface area contributed by atoms with E-state index in [0.29, 0.717) is 12.2 Å². The van der Waals surface area contributed by atoms with Crippen LogP contribution in [-0.4, -0.2) is 25.1 Å². The third kappa shape index (κ3) is 4.53. The van der Waals surface area contributed by atoms with Crippen molar-refractivity contribution in [3.05, 3.63) is 59.7 Å². The van der Waals surface area contributed by atoms with Gasteiger partial charge in [0.2, 0.25) is 0 Å². The standard InChI is InChI=1S/C17H22FN3/c1-3-19-13-14-7-8-17(16(18)12-14)21(2)11-9-15-6-4-5-10-20-15/h4-8,10,12,19H,3,9,11,13H2,1-2H3. The van der Waals surface area contributed by atoms with Gasteiger partial charge in [-0.15, -0.1) is 0 Å². The second-order valence-electron chi connectivity index (χ2n) is 5.06. The molecule has 1 heterocycles. The minimum atomic E-state index is -0.172. The van der Waals surface area contributed by atoms with Gasteiger partial charge in [0.05, 0.1) is 5.69 Å². The molecule has 1 aromatic carbocycles. The maximum atomic E-state index is 14.2. The van der Waals surface area contributed by atoms with E-state index in [1.165, 1.54) is 0 Å². The van der Waals surface area contributed by atoms with Gasteiger partial charge in [-0.05, 0) is 36.4 Å². The summed E-state index contributed by atoms with van der Waals surface area (Å²) in [6.45, 7) is 4.36. The maximum absolute atomic E-state index is 14.2. The summed E-state index contributed by atoms with van der Waals surface area (Å²) < 4.78 is 14.2. The number of halogens is 1. The Balaban J connectivity index is 1.97. The molecule has 1 N–H and O–H groups in total. The first kappa shape index (κ1) is 15.4. The molecular weight excluding hydrogens is 265 g/mol. The lowest BCUT2D eigenvalue weighted by Crippen LogP contribution is -2.22. The van der Waals surface area contributed by atoms with Crippen LogP contribution >= 0.6 is 0 Å². The summed E-state index contributed by atoms with van der Waals surface area (Å²) in [4.78, 5) is 6.22. The number of anilines is 1. The van der Waals surface area contributed by atoms with Crippen LogP contribution < -0.4 is 10.2 Å². The number of pyridine rings is 1. The highest BCUT2D eigenvalue weighted by molar-refractivity contribution is 5.48. The van der Waals surface area contributed by atoms with Gasteiger partial charge in [0.25, 0.3) is 0 Å². The molecule has 1 aromatic heterocycles. The van der Waals surface area contributed by atoms with E-state index in [4.69, 9.17) is 0 Å². The highest BCUT2D eigenvalue weighted by Crippen LogP contribution is 2.19. The van der Waals surface area contributed by atoms with Crippen molar-refractivity contribution >= 4 is 5.69 Å². The van der Waals surface area contributed by atoms with Crippen molar-refractivity contribution in [1.82, 2.24) is 10.3 Å². The van der Waals surface area contributed by atoms with E-state index in [-0.39, 0.29) is 5.82 Å². The number of nitrogens with one attached hydrogen (secondary N) is 1. The van der Waals surface area contributed by atoms with Gasteiger partial charge in [-0.1, -0.05) is 19.1 Å². The molecule has 4 heteroatoms. The van der Waals surface area contributed by atoms with Gasteiger partial charge < -0.3 is 10.2 Å². The van der Waals surface area contributed by atoms with Crippen LogP contribution in [0, 0.1) is 5.82 Å². The third-order valence-electron chi connectivity index (χ3n) is 3.43. The summed E-state index contributed by atoms with van der Waals surface area (Å²) in [6, 6.07) is 11.3. The van der Waals surface area contributed by atoms with Crippen LogP contribution in [0.15, 0.2) is 42.6 Å². The van der Waals surface area contributed by atoms with Gasteiger partial charge in [0.1, 0.15) is 5.82 Å². The normalized spacial score (nSPS) is 10.6. The summed E-state index contributed by atoms with van der Waals surface area (Å²) in [5.74, 6) is -0.172. The molecule has 2 aromatic rings. The number of rotatable bonds is 7. The van der Waals surface area contributed by atoms with Crippen molar-refractivity contribution in [3.63, 3.8) is 0 Å². The zero-order chi connectivity index (χ0) is 15.1. The molecular formula is C17H22FN3. The summed E-state index contributed by atoms with van der Waals surface area (Å²) in [7, 11) is 1.91. The van der Waals surface area contributed by atoms with Crippen molar-refractivity contribution in [2.45, 2.75) is 19.9 Å². The molecule has 3 nitrogen and oxygen atoms in total. The van der Waals surface area contributed by atoms with Crippen molar-refractivity contribution < 1.29 is 4.39 Å². The topological polar surface area (TPSA) is 28.2 Å². The summed E-state index contributed by atoms with van der Waals surface area (Å²) >= 11 is 0. The van der Waals surface area contributed by atoms with Crippen molar-refractivity contribution in [1.29, 1.82) is 0 Å². The Morgan fingerprint density at radius 1 is 1.24 bits per heavy atom. The Morgan fingerprint density at radius 3 is 2.76 bits per heavy atom. The molecule has 0 fully saturated rings. The molecule has 0 saturated carbocycles. The Hall–Kier alpha value is -1.94. The Labute approximate surface area is 125 Å². The maximum Gasteiger partial charge on any atom is 0.146 e. The largest absolute Gasteiger partial charge is 0.372 e. The second-order valence-corrected chi connectivity index (χ2v) is 5.06. The molecule has 0 aliphatic carbocycles. The predicted octanol–water partition coefficient (Wildman–Crippen LogP) is 3.01. The summed E-state index contributed by atoms with van der Waals surface area (Å²) in [6.07, 6.45) is 2.58. The van der Waals surface area contributed by atoms with E-state index in [2.05, 4.69) is 10.3 Å². The summed E-state index contributed by atoms with van der Waals surface area (Å²) in [5, 5.41) is 3.20. The van der Waals surface area contributed by atoms with E-state index in [9.17, 15) is 4.39 Å². The van der Waals surface area contributed by atoms with Crippen LogP contribution in [0.1, 0.15) is 18.2 Å². The molecule has 0 amide bonds. The lowest BCUT2D eigenvalue weighted by atomic mass is 10.1. The highest BCUT2D eigenvalue weighted by Gasteiger charge is 2.08. The average Bonchev–Trinajstić information content (AvgIpc) is 2.51. The highest BCUT2D eigenvalue weighted by atomic mass is 19.1. The number of hydrogen-bond acceptors (Lipinski definition) is 3. The summed E-state index contributed by atoms with van der Waals surface area (Å²) in [5.41, 5.74) is 2.62. The van der Waals surface area contributed by atoms with Gasteiger partial charge >= 0.3 is 0 Å². The molecule has 0 unspecified atom stereocenters.